The molecule has 0 radical (unpaired) electrons. The summed E-state index contributed by atoms with van der Waals surface area (Å²) < 4.78 is 11.4. The molecule has 34 heavy (non-hydrogen) atoms. The molecule has 1 atom stereocenters. The number of ether oxygens (including phenoxy) is 2. The van der Waals surface area contributed by atoms with E-state index >= 15 is 0 Å². The molecule has 3 heterocycles. The van der Waals surface area contributed by atoms with Crippen molar-refractivity contribution in [2.75, 3.05) is 57.6 Å². The van der Waals surface area contributed by atoms with Crippen molar-refractivity contribution in [3.63, 3.8) is 0 Å². The summed E-state index contributed by atoms with van der Waals surface area (Å²) in [6.45, 7) is 6.97. The predicted octanol–water partition coefficient (Wildman–Crippen LogP) is 1.33. The number of piperazine rings is 1. The molecular formula is C23H30N8O3. The van der Waals surface area contributed by atoms with Crippen LogP contribution in [0, 0.1) is 0 Å². The van der Waals surface area contributed by atoms with Crippen LogP contribution in [0.2, 0.25) is 0 Å². The number of nitrogen functional groups attached to an aromatic ring is 1. The molecule has 180 valence electrons. The zero-order valence-corrected chi connectivity index (χ0v) is 19.9. The summed E-state index contributed by atoms with van der Waals surface area (Å²) in [5.41, 5.74) is 9.05. The second kappa shape index (κ2) is 10.0. The number of rotatable bonds is 7. The Kier molecular flexibility index (Phi) is 6.92. The lowest BCUT2D eigenvalue weighted by Gasteiger charge is -2.40. The molecule has 1 saturated heterocycles. The number of hydrogen-bond acceptors (Lipinski definition) is 10. The van der Waals surface area contributed by atoms with Crippen LogP contribution in [0.25, 0.3) is 22.6 Å². The second-order valence-corrected chi connectivity index (χ2v) is 7.81. The topological polar surface area (TPSA) is 132 Å². The van der Waals surface area contributed by atoms with Crippen molar-refractivity contribution < 1.29 is 14.3 Å². The van der Waals surface area contributed by atoms with Crippen LogP contribution in [0.4, 0.5) is 11.4 Å². The summed E-state index contributed by atoms with van der Waals surface area (Å²) in [5, 5.41) is 3.34. The first-order chi connectivity index (χ1) is 16.5. The maximum atomic E-state index is 13.5. The number of nitrogens with one attached hydrogen (secondary N) is 1. The van der Waals surface area contributed by atoms with Gasteiger partial charge < -0.3 is 30.3 Å². The molecule has 1 fully saturated rings. The zero-order chi connectivity index (χ0) is 24.2. The van der Waals surface area contributed by atoms with E-state index in [4.69, 9.17) is 15.2 Å². The molecule has 0 bridgehead atoms. The first-order valence-electron chi connectivity index (χ1n) is 11.3. The highest BCUT2D eigenvalue weighted by Gasteiger charge is 2.36. The fourth-order valence-corrected chi connectivity index (χ4v) is 4.34. The predicted molar refractivity (Wildman–Crippen MR) is 130 cm³/mol. The van der Waals surface area contributed by atoms with Crippen LogP contribution >= 0.6 is 0 Å². The molecule has 11 nitrogen and oxygen atoms in total. The fraction of sp³-hybridized carbons (Fsp3) is 0.435. The Morgan fingerprint density at radius 1 is 1.18 bits per heavy atom. The standard InChI is InChI=1S/C23H30N8O3/c1-5-30(6-2)23(32)17-13-25-9-10-31(17)18-14(11-15(24)19(33-3)20(18)34-4)21-28-12-16-22(29-21)27-8-7-26-16/h7-8,11-12,17,25H,5-6,9-10,13,24H2,1-4H3. The Morgan fingerprint density at radius 3 is 2.62 bits per heavy atom. The van der Waals surface area contributed by atoms with Crippen LogP contribution in [0.5, 0.6) is 11.5 Å². The Balaban J connectivity index is 1.94. The molecule has 4 rings (SSSR count). The summed E-state index contributed by atoms with van der Waals surface area (Å²) in [6, 6.07) is 1.31. The monoisotopic (exact) mass is 466 g/mol. The minimum absolute atomic E-state index is 0.0336. The minimum Gasteiger partial charge on any atom is -0.491 e. The van der Waals surface area contributed by atoms with Crippen molar-refractivity contribution in [3.8, 4) is 22.9 Å². The third-order valence-electron chi connectivity index (χ3n) is 6.01. The van der Waals surface area contributed by atoms with Gasteiger partial charge in [-0.25, -0.2) is 19.9 Å². The summed E-state index contributed by atoms with van der Waals surface area (Å²) in [7, 11) is 3.09. The highest BCUT2D eigenvalue weighted by atomic mass is 16.5. The van der Waals surface area contributed by atoms with Gasteiger partial charge in [-0.1, -0.05) is 0 Å². The summed E-state index contributed by atoms with van der Waals surface area (Å²) in [4.78, 5) is 35.1. The average Bonchev–Trinajstić information content (AvgIpc) is 2.88. The molecular weight excluding hydrogens is 436 g/mol. The van der Waals surface area contributed by atoms with E-state index < -0.39 is 6.04 Å². The van der Waals surface area contributed by atoms with Gasteiger partial charge in [-0.15, -0.1) is 0 Å². The van der Waals surface area contributed by atoms with E-state index in [0.717, 1.165) is 0 Å². The summed E-state index contributed by atoms with van der Waals surface area (Å²) in [6.07, 6.45) is 4.80. The summed E-state index contributed by atoms with van der Waals surface area (Å²) in [5.74, 6) is 1.27. The zero-order valence-electron chi connectivity index (χ0n) is 19.9. The SMILES string of the molecule is CCN(CC)C(=O)C1CNCCN1c1c(-c2ncc3nccnc3n2)cc(N)c(OC)c1OC. The van der Waals surface area contributed by atoms with Crippen LogP contribution in [0.15, 0.2) is 24.7 Å². The van der Waals surface area contributed by atoms with Crippen LogP contribution in [0.3, 0.4) is 0 Å². The van der Waals surface area contributed by atoms with Crippen LogP contribution in [-0.4, -0.2) is 83.7 Å². The molecule has 2 aromatic heterocycles. The van der Waals surface area contributed by atoms with Gasteiger partial charge in [-0.2, -0.15) is 0 Å². The number of methoxy groups -OCH3 is 2. The molecule has 11 heteroatoms. The maximum absolute atomic E-state index is 13.5. The van der Waals surface area contributed by atoms with E-state index in [1.165, 1.54) is 7.11 Å². The molecule has 1 amide bonds. The number of carbonyl (C=O) groups excluding carboxylic acids is 1. The Morgan fingerprint density at radius 2 is 1.91 bits per heavy atom. The second-order valence-electron chi connectivity index (χ2n) is 7.81. The quantitative estimate of drug-likeness (QED) is 0.492. The molecule has 1 aromatic carbocycles. The van der Waals surface area contributed by atoms with E-state index in [-0.39, 0.29) is 5.91 Å². The largest absolute Gasteiger partial charge is 0.491 e. The van der Waals surface area contributed by atoms with Gasteiger partial charge in [0.25, 0.3) is 0 Å². The molecule has 1 aliphatic rings. The lowest BCUT2D eigenvalue weighted by atomic mass is 10.0. The number of carbonyl (C=O) groups is 1. The van der Waals surface area contributed by atoms with Crippen molar-refractivity contribution in [1.82, 2.24) is 30.2 Å². The van der Waals surface area contributed by atoms with E-state index in [9.17, 15) is 4.79 Å². The Labute approximate surface area is 198 Å². The first-order valence-corrected chi connectivity index (χ1v) is 11.3. The Hall–Kier alpha value is -3.73. The number of hydrogen-bond donors (Lipinski definition) is 2. The molecule has 3 N–H and O–H groups in total. The highest BCUT2D eigenvalue weighted by molar-refractivity contribution is 5.93. The van der Waals surface area contributed by atoms with Gasteiger partial charge in [-0.3, -0.25) is 4.79 Å². The maximum Gasteiger partial charge on any atom is 0.246 e. The van der Waals surface area contributed by atoms with E-state index in [0.29, 0.717) is 78.1 Å². The van der Waals surface area contributed by atoms with Crippen molar-refractivity contribution in [1.29, 1.82) is 0 Å². The molecule has 0 saturated carbocycles. The third-order valence-corrected chi connectivity index (χ3v) is 6.01. The normalized spacial score (nSPS) is 15.9. The van der Waals surface area contributed by atoms with Gasteiger partial charge in [0.1, 0.15) is 11.6 Å². The number of likely N-dealkylation sites (N-methyl/N-ethyl adjacent to an activating group) is 1. The number of fused-ring (bicyclic) bond motifs is 1. The van der Waals surface area contributed by atoms with Gasteiger partial charge in [0.2, 0.25) is 5.91 Å². The van der Waals surface area contributed by atoms with Crippen molar-refractivity contribution >= 4 is 28.4 Å². The van der Waals surface area contributed by atoms with Gasteiger partial charge >= 0.3 is 0 Å². The third kappa shape index (κ3) is 4.14. The van der Waals surface area contributed by atoms with Crippen LogP contribution < -0.4 is 25.4 Å². The lowest BCUT2D eigenvalue weighted by molar-refractivity contribution is -0.132. The smallest absolute Gasteiger partial charge is 0.246 e. The lowest BCUT2D eigenvalue weighted by Crippen LogP contribution is -2.59. The van der Waals surface area contributed by atoms with E-state index in [1.54, 1.807) is 31.8 Å². The Bertz CT molecular complexity index is 1180. The molecule has 0 aliphatic carbocycles. The van der Waals surface area contributed by atoms with Crippen molar-refractivity contribution in [3.05, 3.63) is 24.7 Å². The molecule has 3 aromatic rings. The molecule has 1 aliphatic heterocycles. The number of benzene rings is 1. The van der Waals surface area contributed by atoms with Crippen LogP contribution in [-0.2, 0) is 4.79 Å². The van der Waals surface area contributed by atoms with Gasteiger partial charge in [0.15, 0.2) is 23.0 Å². The van der Waals surface area contributed by atoms with Gasteiger partial charge in [0, 0.05) is 50.7 Å². The van der Waals surface area contributed by atoms with Gasteiger partial charge in [-0.05, 0) is 19.9 Å². The number of aromatic nitrogens is 4. The van der Waals surface area contributed by atoms with Crippen molar-refractivity contribution in [2.45, 2.75) is 19.9 Å². The van der Waals surface area contributed by atoms with Crippen LogP contribution in [0.1, 0.15) is 13.8 Å². The molecule has 0 spiro atoms. The van der Waals surface area contributed by atoms with E-state index in [2.05, 4.69) is 25.3 Å². The van der Waals surface area contributed by atoms with Gasteiger partial charge in [0.05, 0.1) is 31.8 Å². The first kappa shape index (κ1) is 23.4. The average molecular weight is 467 g/mol. The number of nitrogens with zero attached hydrogens (tertiary/aromatic N) is 6. The molecule has 1 unspecified atom stereocenters. The number of anilines is 2. The highest BCUT2D eigenvalue weighted by Crippen LogP contribution is 2.48. The summed E-state index contributed by atoms with van der Waals surface area (Å²) >= 11 is 0. The number of amides is 1. The number of nitrogens with two attached hydrogens (primary N) is 1. The fourth-order valence-electron chi connectivity index (χ4n) is 4.34. The minimum atomic E-state index is -0.449. The van der Waals surface area contributed by atoms with Crippen molar-refractivity contribution in [2.24, 2.45) is 0 Å². The van der Waals surface area contributed by atoms with E-state index in [1.807, 2.05) is 23.6 Å².